The van der Waals surface area contributed by atoms with Gasteiger partial charge in [-0.3, -0.25) is 4.79 Å². The lowest BCUT2D eigenvalue weighted by Crippen LogP contribution is -2.45. The van der Waals surface area contributed by atoms with Gasteiger partial charge in [-0.25, -0.2) is 4.79 Å². The second-order valence-electron chi connectivity index (χ2n) is 5.21. The van der Waals surface area contributed by atoms with Crippen LogP contribution in [-0.2, 0) is 4.79 Å². The smallest absolute Gasteiger partial charge is 0.328 e. The van der Waals surface area contributed by atoms with Crippen LogP contribution in [0.1, 0.15) is 28.4 Å². The summed E-state index contributed by atoms with van der Waals surface area (Å²) in [6, 6.07) is 3.55. The molecule has 2 rings (SSSR count). The maximum absolute atomic E-state index is 12.4. The van der Waals surface area contributed by atoms with Crippen molar-refractivity contribution >= 4 is 41.1 Å². The molecule has 0 spiro atoms. The molecule has 0 atom stereocenters. The fraction of sp³-hybridized carbons (Fsp3) is 0.429. The Morgan fingerprint density at radius 3 is 2.80 bits per heavy atom. The number of carbonyl (C=O) groups excluding carboxylic acids is 1. The molecule has 1 amide bonds. The van der Waals surface area contributed by atoms with E-state index in [9.17, 15) is 9.59 Å². The first-order chi connectivity index (χ1) is 9.37. The summed E-state index contributed by atoms with van der Waals surface area (Å²) < 4.78 is 0.0945. The Labute approximate surface area is 126 Å². The molecule has 0 saturated carbocycles. The third-order valence-corrected chi connectivity index (χ3v) is 5.28. The van der Waals surface area contributed by atoms with Gasteiger partial charge in [0.2, 0.25) is 0 Å². The second-order valence-corrected chi connectivity index (χ2v) is 8.13. The Morgan fingerprint density at radius 2 is 2.15 bits per heavy atom. The number of nitrogens with zero attached hydrogens (tertiary/aromatic N) is 1. The lowest BCUT2D eigenvalue weighted by atomic mass is 10.2. The number of amides is 1. The summed E-state index contributed by atoms with van der Waals surface area (Å²) in [5.41, 5.74) is 0. The summed E-state index contributed by atoms with van der Waals surface area (Å²) in [7, 11) is 0. The van der Waals surface area contributed by atoms with Gasteiger partial charge in [-0.05, 0) is 32.1 Å². The van der Waals surface area contributed by atoms with Crippen molar-refractivity contribution in [3.05, 3.63) is 28.0 Å². The predicted molar refractivity (Wildman–Crippen MR) is 83.4 cm³/mol. The summed E-state index contributed by atoms with van der Waals surface area (Å²) in [6.45, 7) is 5.80. The number of aliphatic carboxylic acids is 1. The van der Waals surface area contributed by atoms with Crippen molar-refractivity contribution in [3.8, 4) is 0 Å². The van der Waals surface area contributed by atoms with Crippen LogP contribution in [0.25, 0.3) is 6.08 Å². The molecule has 1 aliphatic heterocycles. The van der Waals surface area contributed by atoms with Crippen molar-refractivity contribution in [2.75, 3.05) is 18.8 Å². The zero-order chi connectivity index (χ0) is 14.8. The van der Waals surface area contributed by atoms with Gasteiger partial charge in [-0.2, -0.15) is 11.8 Å². The van der Waals surface area contributed by atoms with Gasteiger partial charge < -0.3 is 10.0 Å². The largest absolute Gasteiger partial charge is 0.478 e. The molecule has 0 radical (unpaired) electrons. The van der Waals surface area contributed by atoms with Gasteiger partial charge in [0.1, 0.15) is 0 Å². The minimum absolute atomic E-state index is 0.0401. The topological polar surface area (TPSA) is 57.6 Å². The number of thiophene rings is 1. The first-order valence-electron chi connectivity index (χ1n) is 6.31. The summed E-state index contributed by atoms with van der Waals surface area (Å²) >= 11 is 3.21. The Kier molecular flexibility index (Phi) is 4.55. The van der Waals surface area contributed by atoms with Gasteiger partial charge >= 0.3 is 5.97 Å². The lowest BCUT2D eigenvalue weighted by molar-refractivity contribution is -0.131. The van der Waals surface area contributed by atoms with Crippen LogP contribution in [0.2, 0.25) is 0 Å². The van der Waals surface area contributed by atoms with Crippen molar-refractivity contribution in [1.29, 1.82) is 0 Å². The molecule has 6 heteroatoms. The fourth-order valence-electron chi connectivity index (χ4n) is 2.06. The number of rotatable bonds is 3. The third kappa shape index (κ3) is 3.86. The van der Waals surface area contributed by atoms with Crippen molar-refractivity contribution in [2.24, 2.45) is 0 Å². The second kappa shape index (κ2) is 6.01. The van der Waals surface area contributed by atoms with Crippen molar-refractivity contribution in [1.82, 2.24) is 4.90 Å². The van der Waals surface area contributed by atoms with Crippen LogP contribution in [0.15, 0.2) is 18.2 Å². The Bertz CT molecular complexity index is 548. The summed E-state index contributed by atoms with van der Waals surface area (Å²) in [5.74, 6) is 0.00928. The van der Waals surface area contributed by atoms with E-state index >= 15 is 0 Å². The predicted octanol–water partition coefficient (Wildman–Crippen LogP) is 2.81. The molecule has 20 heavy (non-hydrogen) atoms. The van der Waals surface area contributed by atoms with Crippen LogP contribution >= 0.6 is 23.1 Å². The molecule has 1 fully saturated rings. The van der Waals surface area contributed by atoms with E-state index in [1.807, 2.05) is 16.7 Å². The first kappa shape index (κ1) is 15.1. The van der Waals surface area contributed by atoms with E-state index in [1.165, 1.54) is 17.4 Å². The molecule has 108 valence electrons. The van der Waals surface area contributed by atoms with Gasteiger partial charge in [0.05, 0.1) is 4.88 Å². The monoisotopic (exact) mass is 311 g/mol. The molecule has 1 saturated heterocycles. The van der Waals surface area contributed by atoms with E-state index in [2.05, 4.69) is 13.8 Å². The molecule has 1 aromatic heterocycles. The Morgan fingerprint density at radius 1 is 1.40 bits per heavy atom. The molecule has 2 heterocycles. The third-order valence-electron chi connectivity index (χ3n) is 2.94. The van der Waals surface area contributed by atoms with E-state index in [0.717, 1.165) is 29.8 Å². The van der Waals surface area contributed by atoms with Crippen LogP contribution < -0.4 is 0 Å². The Hall–Kier alpha value is -1.27. The molecular weight excluding hydrogens is 294 g/mol. The quantitative estimate of drug-likeness (QED) is 0.872. The molecule has 4 nitrogen and oxygen atoms in total. The van der Waals surface area contributed by atoms with Crippen molar-refractivity contribution in [3.63, 3.8) is 0 Å². The van der Waals surface area contributed by atoms with Crippen LogP contribution in [0.5, 0.6) is 0 Å². The number of hydrogen-bond acceptors (Lipinski definition) is 4. The van der Waals surface area contributed by atoms with Crippen LogP contribution in [0.3, 0.4) is 0 Å². The zero-order valence-electron chi connectivity index (χ0n) is 11.5. The van der Waals surface area contributed by atoms with Crippen LogP contribution in [0.4, 0.5) is 0 Å². The number of carboxylic acids is 1. The molecule has 1 aromatic rings. The first-order valence-corrected chi connectivity index (χ1v) is 8.12. The van der Waals surface area contributed by atoms with Gasteiger partial charge in [-0.1, -0.05) is 0 Å². The lowest BCUT2D eigenvalue weighted by Gasteiger charge is -2.37. The van der Waals surface area contributed by atoms with E-state index in [4.69, 9.17) is 5.11 Å². The average molecular weight is 311 g/mol. The molecular formula is C14H17NO3S2. The fourth-order valence-corrected chi connectivity index (χ4v) is 4.05. The van der Waals surface area contributed by atoms with Gasteiger partial charge in [0.25, 0.3) is 5.91 Å². The minimum Gasteiger partial charge on any atom is -0.478 e. The maximum atomic E-state index is 12.4. The van der Waals surface area contributed by atoms with Crippen LogP contribution in [-0.4, -0.2) is 45.5 Å². The molecule has 1 N–H and O–H groups in total. The number of carbonyl (C=O) groups is 2. The van der Waals surface area contributed by atoms with Gasteiger partial charge in [0.15, 0.2) is 0 Å². The SMILES string of the molecule is CC1(C)CN(C(=O)c2ccc(/C=C/C(=O)O)s2)CCS1. The standard InChI is InChI=1S/C14H17NO3S2/c1-14(2)9-15(7-8-19-14)13(18)11-5-3-10(20-11)4-6-12(16)17/h3-6H,7-9H2,1-2H3,(H,16,17)/b6-4+. The van der Waals surface area contributed by atoms with Gasteiger partial charge in [0, 0.05) is 34.5 Å². The number of thioether (sulfide) groups is 1. The highest BCUT2D eigenvalue weighted by Crippen LogP contribution is 2.31. The molecule has 1 aliphatic rings. The van der Waals surface area contributed by atoms with E-state index in [1.54, 1.807) is 12.1 Å². The van der Waals surface area contributed by atoms with Gasteiger partial charge in [-0.15, -0.1) is 11.3 Å². The molecule has 0 aromatic carbocycles. The summed E-state index contributed by atoms with van der Waals surface area (Å²) in [5, 5.41) is 8.59. The zero-order valence-corrected chi connectivity index (χ0v) is 13.1. The molecule has 0 unspecified atom stereocenters. The van der Waals surface area contributed by atoms with E-state index < -0.39 is 5.97 Å². The van der Waals surface area contributed by atoms with E-state index in [-0.39, 0.29) is 10.7 Å². The normalized spacial score (nSPS) is 18.4. The number of hydrogen-bond donors (Lipinski definition) is 1. The van der Waals surface area contributed by atoms with Crippen molar-refractivity contribution < 1.29 is 14.7 Å². The molecule has 0 bridgehead atoms. The maximum Gasteiger partial charge on any atom is 0.328 e. The van der Waals surface area contributed by atoms with E-state index in [0.29, 0.717) is 4.88 Å². The number of carboxylic acid groups (broad SMARTS) is 1. The van der Waals surface area contributed by atoms with Crippen molar-refractivity contribution in [2.45, 2.75) is 18.6 Å². The average Bonchev–Trinajstić information content (AvgIpc) is 2.83. The molecule has 0 aliphatic carbocycles. The van der Waals surface area contributed by atoms with Crippen LogP contribution in [0, 0.1) is 0 Å². The Balaban J connectivity index is 2.08. The minimum atomic E-state index is -0.985. The highest BCUT2D eigenvalue weighted by Gasteiger charge is 2.30. The highest BCUT2D eigenvalue weighted by molar-refractivity contribution is 8.00. The summed E-state index contributed by atoms with van der Waals surface area (Å²) in [6.07, 6.45) is 2.60. The highest BCUT2D eigenvalue weighted by atomic mass is 32.2. The summed E-state index contributed by atoms with van der Waals surface area (Å²) in [4.78, 5) is 26.2.